The third kappa shape index (κ3) is 2.73. The van der Waals surface area contributed by atoms with Gasteiger partial charge in [-0.2, -0.15) is 5.26 Å². The molecule has 0 saturated heterocycles. The van der Waals surface area contributed by atoms with Crippen molar-refractivity contribution in [3.05, 3.63) is 58.1 Å². The Morgan fingerprint density at radius 1 is 1.35 bits per heavy atom. The number of nitrogens with two attached hydrogens (primary N) is 1. The van der Waals surface area contributed by atoms with Gasteiger partial charge in [-0.1, -0.05) is 23.7 Å². The Morgan fingerprint density at radius 2 is 2.10 bits per heavy atom. The first-order valence-electron chi connectivity index (χ1n) is 5.89. The van der Waals surface area contributed by atoms with Crippen LogP contribution in [0.1, 0.15) is 21.5 Å². The van der Waals surface area contributed by atoms with Crippen LogP contribution in [0.5, 0.6) is 0 Å². The number of hydrogen-bond acceptors (Lipinski definition) is 3. The second-order valence-corrected chi connectivity index (χ2v) is 4.71. The summed E-state index contributed by atoms with van der Waals surface area (Å²) in [5.74, 6) is -0.399. The van der Waals surface area contributed by atoms with Gasteiger partial charge < -0.3 is 11.1 Å². The molecule has 0 spiro atoms. The molecule has 0 aliphatic rings. The molecule has 0 fully saturated rings. The molecule has 0 heterocycles. The topological polar surface area (TPSA) is 78.9 Å². The van der Waals surface area contributed by atoms with Crippen molar-refractivity contribution in [1.82, 2.24) is 0 Å². The van der Waals surface area contributed by atoms with Crippen molar-refractivity contribution in [1.29, 1.82) is 5.26 Å². The molecule has 3 N–H and O–H groups in total. The van der Waals surface area contributed by atoms with Crippen LogP contribution in [0.3, 0.4) is 0 Å². The lowest BCUT2D eigenvalue weighted by atomic mass is 10.1. The normalized spacial score (nSPS) is 9.85. The largest absolute Gasteiger partial charge is 0.399 e. The summed E-state index contributed by atoms with van der Waals surface area (Å²) in [6, 6.07) is 12.0. The number of anilines is 2. The molecule has 2 aromatic carbocycles. The van der Waals surface area contributed by atoms with E-state index in [0.717, 1.165) is 5.56 Å². The van der Waals surface area contributed by atoms with E-state index in [4.69, 9.17) is 22.6 Å². The number of carbonyl (C=O) groups excluding carboxylic acids is 1. The Morgan fingerprint density at radius 3 is 2.80 bits per heavy atom. The molecular formula is C15H12ClN3O. The molecule has 2 rings (SSSR count). The second-order valence-electron chi connectivity index (χ2n) is 4.30. The maximum Gasteiger partial charge on any atom is 0.257 e. The molecule has 0 aliphatic carbocycles. The lowest BCUT2D eigenvalue weighted by Gasteiger charge is -2.10. The van der Waals surface area contributed by atoms with Crippen molar-refractivity contribution in [2.45, 2.75) is 6.92 Å². The Labute approximate surface area is 121 Å². The second kappa shape index (κ2) is 5.64. The lowest BCUT2D eigenvalue weighted by molar-refractivity contribution is 0.102. The average Bonchev–Trinajstić information content (AvgIpc) is 2.41. The molecule has 0 unspecified atom stereocenters. The van der Waals surface area contributed by atoms with E-state index in [2.05, 4.69) is 11.4 Å². The van der Waals surface area contributed by atoms with Crippen LogP contribution in [-0.2, 0) is 0 Å². The van der Waals surface area contributed by atoms with E-state index in [-0.39, 0.29) is 5.56 Å². The van der Waals surface area contributed by atoms with Crippen molar-refractivity contribution < 1.29 is 4.79 Å². The Kier molecular flexibility index (Phi) is 3.92. The summed E-state index contributed by atoms with van der Waals surface area (Å²) < 4.78 is 0. The van der Waals surface area contributed by atoms with Gasteiger partial charge in [-0.3, -0.25) is 4.79 Å². The zero-order valence-corrected chi connectivity index (χ0v) is 11.5. The lowest BCUT2D eigenvalue weighted by Crippen LogP contribution is -2.14. The van der Waals surface area contributed by atoms with Crippen LogP contribution in [0.4, 0.5) is 11.4 Å². The fourth-order valence-corrected chi connectivity index (χ4v) is 2.03. The van der Waals surface area contributed by atoms with Gasteiger partial charge >= 0.3 is 0 Å². The highest BCUT2D eigenvalue weighted by Crippen LogP contribution is 2.23. The van der Waals surface area contributed by atoms with Gasteiger partial charge in [0.05, 0.1) is 21.8 Å². The minimum atomic E-state index is -0.399. The number of carbonyl (C=O) groups is 1. The molecular weight excluding hydrogens is 274 g/mol. The number of benzene rings is 2. The molecule has 4 nitrogen and oxygen atoms in total. The highest BCUT2D eigenvalue weighted by atomic mass is 35.5. The van der Waals surface area contributed by atoms with E-state index in [0.29, 0.717) is 22.0 Å². The predicted molar refractivity (Wildman–Crippen MR) is 79.7 cm³/mol. The molecule has 0 radical (unpaired) electrons. The van der Waals surface area contributed by atoms with Crippen LogP contribution >= 0.6 is 11.6 Å². The summed E-state index contributed by atoms with van der Waals surface area (Å²) in [7, 11) is 0. The molecule has 0 atom stereocenters. The smallest absolute Gasteiger partial charge is 0.257 e. The van der Waals surface area contributed by atoms with E-state index in [9.17, 15) is 4.79 Å². The summed E-state index contributed by atoms with van der Waals surface area (Å²) in [5.41, 5.74) is 8.05. The molecule has 5 heteroatoms. The minimum Gasteiger partial charge on any atom is -0.399 e. The zero-order valence-electron chi connectivity index (χ0n) is 10.8. The first-order chi connectivity index (χ1) is 9.52. The summed E-state index contributed by atoms with van der Waals surface area (Å²) in [6.07, 6.45) is 0. The monoisotopic (exact) mass is 285 g/mol. The van der Waals surface area contributed by atoms with Gasteiger partial charge in [0, 0.05) is 5.69 Å². The van der Waals surface area contributed by atoms with E-state index in [1.807, 2.05) is 13.0 Å². The van der Waals surface area contributed by atoms with E-state index in [1.54, 1.807) is 24.3 Å². The number of halogens is 1. The standard InChI is InChI=1S/C15H12ClN3O/c1-9-3-2-4-14(12(9)8-17)19-15(20)11-7-10(18)5-6-13(11)16/h2-7H,18H2,1H3,(H,19,20). The van der Waals surface area contributed by atoms with Crippen LogP contribution in [0, 0.1) is 18.3 Å². The summed E-state index contributed by atoms with van der Waals surface area (Å²) in [4.78, 5) is 12.2. The molecule has 0 bridgehead atoms. The van der Waals surface area contributed by atoms with Crippen LogP contribution in [-0.4, -0.2) is 5.91 Å². The fraction of sp³-hybridized carbons (Fsp3) is 0.0667. The molecule has 0 aliphatic heterocycles. The van der Waals surface area contributed by atoms with Crippen molar-refractivity contribution in [3.63, 3.8) is 0 Å². The number of nitrogens with one attached hydrogen (secondary N) is 1. The zero-order chi connectivity index (χ0) is 14.7. The number of hydrogen-bond donors (Lipinski definition) is 2. The summed E-state index contributed by atoms with van der Waals surface area (Å²) in [6.45, 7) is 1.81. The molecule has 1 amide bonds. The van der Waals surface area contributed by atoms with Gasteiger partial charge in [-0.15, -0.1) is 0 Å². The molecule has 100 valence electrons. The maximum atomic E-state index is 12.2. The first kappa shape index (κ1) is 13.9. The van der Waals surface area contributed by atoms with Crippen LogP contribution in [0.2, 0.25) is 5.02 Å². The van der Waals surface area contributed by atoms with Gasteiger partial charge in [0.15, 0.2) is 0 Å². The van der Waals surface area contributed by atoms with Gasteiger partial charge in [0.1, 0.15) is 6.07 Å². The third-order valence-electron chi connectivity index (χ3n) is 2.87. The summed E-state index contributed by atoms with van der Waals surface area (Å²) in [5, 5.41) is 12.1. The summed E-state index contributed by atoms with van der Waals surface area (Å²) >= 11 is 5.98. The number of nitrogens with zero attached hydrogens (tertiary/aromatic N) is 1. The van der Waals surface area contributed by atoms with E-state index in [1.165, 1.54) is 6.07 Å². The highest BCUT2D eigenvalue weighted by Gasteiger charge is 2.13. The molecule has 0 aromatic heterocycles. The first-order valence-corrected chi connectivity index (χ1v) is 6.27. The van der Waals surface area contributed by atoms with Crippen molar-refractivity contribution in [2.75, 3.05) is 11.1 Å². The number of rotatable bonds is 2. The van der Waals surface area contributed by atoms with Gasteiger partial charge in [-0.25, -0.2) is 0 Å². The average molecular weight is 286 g/mol. The molecule has 2 aromatic rings. The van der Waals surface area contributed by atoms with Crippen LogP contribution in [0.25, 0.3) is 0 Å². The molecule has 20 heavy (non-hydrogen) atoms. The number of amides is 1. The predicted octanol–water partition coefficient (Wildman–Crippen LogP) is 3.35. The molecule has 0 saturated carbocycles. The minimum absolute atomic E-state index is 0.275. The van der Waals surface area contributed by atoms with E-state index >= 15 is 0 Å². The number of aryl methyl sites for hydroxylation is 1. The van der Waals surface area contributed by atoms with E-state index < -0.39 is 5.91 Å². The van der Waals surface area contributed by atoms with Crippen molar-refractivity contribution in [2.24, 2.45) is 0 Å². The van der Waals surface area contributed by atoms with Gasteiger partial charge in [0.25, 0.3) is 5.91 Å². The fourth-order valence-electron chi connectivity index (χ4n) is 1.83. The number of nitrogen functional groups attached to an aromatic ring is 1. The van der Waals surface area contributed by atoms with Crippen LogP contribution < -0.4 is 11.1 Å². The highest BCUT2D eigenvalue weighted by molar-refractivity contribution is 6.34. The van der Waals surface area contributed by atoms with Crippen molar-refractivity contribution >= 4 is 28.9 Å². The van der Waals surface area contributed by atoms with Gasteiger partial charge in [0.2, 0.25) is 0 Å². The quantitative estimate of drug-likeness (QED) is 0.831. The Balaban J connectivity index is 2.36. The SMILES string of the molecule is Cc1cccc(NC(=O)c2cc(N)ccc2Cl)c1C#N. The Hall–Kier alpha value is -2.51. The van der Waals surface area contributed by atoms with Crippen molar-refractivity contribution in [3.8, 4) is 6.07 Å². The third-order valence-corrected chi connectivity index (χ3v) is 3.20. The Bertz CT molecular complexity index is 720. The maximum absolute atomic E-state index is 12.2. The van der Waals surface area contributed by atoms with Crippen LogP contribution in [0.15, 0.2) is 36.4 Å². The number of nitriles is 1. The van der Waals surface area contributed by atoms with Gasteiger partial charge in [-0.05, 0) is 36.8 Å².